The third-order valence-corrected chi connectivity index (χ3v) is 3.98. The summed E-state index contributed by atoms with van der Waals surface area (Å²) < 4.78 is 5.27. The Morgan fingerprint density at radius 1 is 1.63 bits per heavy atom. The standard InChI is InChI=1S/C12H12BrClN2O3/c1-2-6(13)12(18)16-8-4-10-9(3-7(8)14)15-11(17)5-19-10/h3-4,6H,2,5H2,1H3,(H,15,17)(H,16,18). The molecule has 0 aliphatic carbocycles. The average Bonchev–Trinajstić information content (AvgIpc) is 2.38. The van der Waals surface area contributed by atoms with E-state index in [1.165, 1.54) is 0 Å². The molecular weight excluding hydrogens is 336 g/mol. The fourth-order valence-corrected chi connectivity index (χ4v) is 1.92. The minimum absolute atomic E-state index is 0.0436. The van der Waals surface area contributed by atoms with E-state index in [0.29, 0.717) is 28.6 Å². The lowest BCUT2D eigenvalue weighted by atomic mass is 10.2. The number of carbonyl (C=O) groups excluding carboxylic acids is 2. The molecule has 1 aliphatic rings. The summed E-state index contributed by atoms with van der Waals surface area (Å²) in [6.07, 6.45) is 0.668. The van der Waals surface area contributed by atoms with Crippen LogP contribution >= 0.6 is 27.5 Å². The number of anilines is 2. The zero-order valence-electron chi connectivity index (χ0n) is 10.1. The Kier molecular flexibility index (Phi) is 4.31. The van der Waals surface area contributed by atoms with Crippen molar-refractivity contribution in [3.8, 4) is 5.75 Å². The van der Waals surface area contributed by atoms with Crippen molar-refractivity contribution in [3.05, 3.63) is 17.2 Å². The van der Waals surface area contributed by atoms with Gasteiger partial charge < -0.3 is 15.4 Å². The van der Waals surface area contributed by atoms with Crippen LogP contribution in [0.3, 0.4) is 0 Å². The highest BCUT2D eigenvalue weighted by Crippen LogP contribution is 2.36. The molecule has 1 aromatic rings. The number of rotatable bonds is 3. The van der Waals surface area contributed by atoms with Crippen LogP contribution in [0.1, 0.15) is 13.3 Å². The Morgan fingerprint density at radius 3 is 3.05 bits per heavy atom. The number of halogens is 2. The van der Waals surface area contributed by atoms with Gasteiger partial charge in [-0.25, -0.2) is 0 Å². The summed E-state index contributed by atoms with van der Waals surface area (Å²) in [5.41, 5.74) is 0.963. The van der Waals surface area contributed by atoms with E-state index in [2.05, 4.69) is 26.6 Å². The molecule has 2 amide bonds. The van der Waals surface area contributed by atoms with Crippen LogP contribution in [0.2, 0.25) is 5.02 Å². The van der Waals surface area contributed by atoms with Gasteiger partial charge in [0.25, 0.3) is 5.91 Å². The van der Waals surface area contributed by atoms with Gasteiger partial charge in [-0.1, -0.05) is 34.5 Å². The number of fused-ring (bicyclic) bond motifs is 1. The van der Waals surface area contributed by atoms with Gasteiger partial charge in [0.2, 0.25) is 5.91 Å². The molecule has 1 heterocycles. The average molecular weight is 348 g/mol. The number of hydrogen-bond acceptors (Lipinski definition) is 3. The lowest BCUT2D eigenvalue weighted by Gasteiger charge is -2.20. The number of carbonyl (C=O) groups is 2. The molecule has 2 rings (SSSR count). The van der Waals surface area contributed by atoms with E-state index in [1.807, 2.05) is 6.92 Å². The minimum atomic E-state index is -0.278. The van der Waals surface area contributed by atoms with Crippen LogP contribution in [-0.2, 0) is 9.59 Å². The van der Waals surface area contributed by atoms with Crippen molar-refractivity contribution in [1.82, 2.24) is 0 Å². The highest BCUT2D eigenvalue weighted by Gasteiger charge is 2.20. The fraction of sp³-hybridized carbons (Fsp3) is 0.333. The zero-order chi connectivity index (χ0) is 14.0. The summed E-state index contributed by atoms with van der Waals surface area (Å²) in [5, 5.41) is 5.70. The molecule has 0 spiro atoms. The van der Waals surface area contributed by atoms with Crippen LogP contribution in [0.25, 0.3) is 0 Å². The predicted octanol–water partition coefficient (Wildman–Crippen LogP) is 2.78. The van der Waals surface area contributed by atoms with Gasteiger partial charge >= 0.3 is 0 Å². The molecule has 0 fully saturated rings. The van der Waals surface area contributed by atoms with Crippen molar-refractivity contribution in [1.29, 1.82) is 0 Å². The van der Waals surface area contributed by atoms with Crippen LogP contribution in [-0.4, -0.2) is 23.2 Å². The largest absolute Gasteiger partial charge is 0.482 e. The van der Waals surface area contributed by atoms with Crippen LogP contribution in [0.4, 0.5) is 11.4 Å². The molecule has 0 aromatic heterocycles. The number of amides is 2. The van der Waals surface area contributed by atoms with E-state index in [4.69, 9.17) is 16.3 Å². The molecule has 102 valence electrons. The summed E-state index contributed by atoms with van der Waals surface area (Å²) in [7, 11) is 0. The van der Waals surface area contributed by atoms with Crippen molar-refractivity contribution >= 4 is 50.7 Å². The molecular formula is C12H12BrClN2O3. The van der Waals surface area contributed by atoms with E-state index in [1.54, 1.807) is 12.1 Å². The Morgan fingerprint density at radius 2 is 2.37 bits per heavy atom. The normalized spacial score (nSPS) is 15.0. The van der Waals surface area contributed by atoms with E-state index < -0.39 is 0 Å². The third kappa shape index (κ3) is 3.19. The van der Waals surface area contributed by atoms with E-state index in [9.17, 15) is 9.59 Å². The Balaban J connectivity index is 2.23. The SMILES string of the molecule is CCC(Br)C(=O)Nc1cc2c(cc1Cl)NC(=O)CO2. The second-order valence-corrected chi connectivity index (χ2v) is 5.54. The first kappa shape index (κ1) is 14.1. The van der Waals surface area contributed by atoms with E-state index in [-0.39, 0.29) is 23.2 Å². The van der Waals surface area contributed by atoms with Crippen molar-refractivity contribution in [2.75, 3.05) is 17.2 Å². The number of ether oxygens (including phenoxy) is 1. The molecule has 0 saturated carbocycles. The van der Waals surface area contributed by atoms with Crippen molar-refractivity contribution in [2.45, 2.75) is 18.2 Å². The Labute approximate surface area is 123 Å². The number of benzene rings is 1. The molecule has 0 bridgehead atoms. The number of hydrogen-bond donors (Lipinski definition) is 2. The minimum Gasteiger partial charge on any atom is -0.482 e. The van der Waals surface area contributed by atoms with Crippen molar-refractivity contribution < 1.29 is 14.3 Å². The Hall–Kier alpha value is -1.27. The summed E-state index contributed by atoms with van der Waals surface area (Å²) >= 11 is 9.33. The predicted molar refractivity (Wildman–Crippen MR) is 77.2 cm³/mol. The summed E-state index contributed by atoms with van der Waals surface area (Å²) in [6.45, 7) is 1.85. The van der Waals surface area contributed by atoms with Gasteiger partial charge in [-0.3, -0.25) is 9.59 Å². The van der Waals surface area contributed by atoms with Gasteiger partial charge in [-0.05, 0) is 12.5 Å². The molecule has 1 aliphatic heterocycles. The molecule has 2 N–H and O–H groups in total. The first-order valence-electron chi connectivity index (χ1n) is 5.72. The van der Waals surface area contributed by atoms with Gasteiger partial charge in [0.1, 0.15) is 5.75 Å². The molecule has 1 aromatic carbocycles. The summed E-state index contributed by atoms with van der Waals surface area (Å²) in [6, 6.07) is 3.16. The van der Waals surface area contributed by atoms with E-state index in [0.717, 1.165) is 0 Å². The van der Waals surface area contributed by atoms with Crippen LogP contribution < -0.4 is 15.4 Å². The first-order valence-corrected chi connectivity index (χ1v) is 7.01. The second-order valence-electron chi connectivity index (χ2n) is 4.03. The van der Waals surface area contributed by atoms with Crippen LogP contribution in [0, 0.1) is 0 Å². The lowest BCUT2D eigenvalue weighted by molar-refractivity contribution is -0.118. The highest BCUT2D eigenvalue weighted by atomic mass is 79.9. The lowest BCUT2D eigenvalue weighted by Crippen LogP contribution is -2.26. The third-order valence-electron chi connectivity index (χ3n) is 2.60. The maximum Gasteiger partial charge on any atom is 0.262 e. The van der Waals surface area contributed by atoms with Gasteiger partial charge in [0, 0.05) is 6.07 Å². The molecule has 0 radical (unpaired) electrons. The molecule has 0 saturated heterocycles. The van der Waals surface area contributed by atoms with E-state index >= 15 is 0 Å². The van der Waals surface area contributed by atoms with Crippen LogP contribution in [0.15, 0.2) is 12.1 Å². The number of alkyl halides is 1. The van der Waals surface area contributed by atoms with Crippen LogP contribution in [0.5, 0.6) is 5.75 Å². The van der Waals surface area contributed by atoms with Gasteiger partial charge in [0.15, 0.2) is 6.61 Å². The zero-order valence-corrected chi connectivity index (χ0v) is 12.5. The topological polar surface area (TPSA) is 67.4 Å². The quantitative estimate of drug-likeness (QED) is 0.826. The molecule has 5 nitrogen and oxygen atoms in total. The fourth-order valence-electron chi connectivity index (χ4n) is 1.59. The highest BCUT2D eigenvalue weighted by molar-refractivity contribution is 9.10. The molecule has 19 heavy (non-hydrogen) atoms. The monoisotopic (exact) mass is 346 g/mol. The maximum absolute atomic E-state index is 11.8. The maximum atomic E-state index is 11.8. The first-order chi connectivity index (χ1) is 9.01. The molecule has 1 unspecified atom stereocenters. The second kappa shape index (κ2) is 5.79. The molecule has 7 heteroatoms. The Bertz CT molecular complexity index is 536. The molecule has 1 atom stereocenters. The van der Waals surface area contributed by atoms with Crippen molar-refractivity contribution in [2.24, 2.45) is 0 Å². The van der Waals surface area contributed by atoms with Gasteiger partial charge in [-0.2, -0.15) is 0 Å². The van der Waals surface area contributed by atoms with Crippen molar-refractivity contribution in [3.63, 3.8) is 0 Å². The summed E-state index contributed by atoms with van der Waals surface area (Å²) in [5.74, 6) is 0.0815. The summed E-state index contributed by atoms with van der Waals surface area (Å²) in [4.78, 5) is 22.7. The van der Waals surface area contributed by atoms with Gasteiger partial charge in [-0.15, -0.1) is 0 Å². The smallest absolute Gasteiger partial charge is 0.262 e. The number of nitrogens with one attached hydrogen (secondary N) is 2. The van der Waals surface area contributed by atoms with Gasteiger partial charge in [0.05, 0.1) is 21.2 Å².